The highest BCUT2D eigenvalue weighted by Crippen LogP contribution is 2.24. The molecule has 0 aliphatic heterocycles. The van der Waals surface area contributed by atoms with E-state index in [0.717, 1.165) is 24.2 Å². The van der Waals surface area contributed by atoms with Crippen LogP contribution in [0.25, 0.3) is 0 Å². The lowest BCUT2D eigenvalue weighted by Crippen LogP contribution is -2.39. The van der Waals surface area contributed by atoms with E-state index in [2.05, 4.69) is 19.2 Å². The third-order valence-corrected chi connectivity index (χ3v) is 4.31. The molecule has 0 heterocycles. The highest BCUT2D eigenvalue weighted by Gasteiger charge is 2.26. The number of carbonyl (C=O) groups excluding carboxylic acids is 1. The van der Waals surface area contributed by atoms with Crippen LogP contribution >= 0.6 is 0 Å². The number of carbonyl (C=O) groups is 2. The van der Waals surface area contributed by atoms with Crippen LogP contribution in [0.5, 0.6) is 5.75 Å². The number of ether oxygens (including phenoxy) is 1. The Labute approximate surface area is 143 Å². The summed E-state index contributed by atoms with van der Waals surface area (Å²) in [6.07, 6.45) is 3.10. The number of amides is 1. The fourth-order valence-corrected chi connectivity index (χ4v) is 2.92. The van der Waals surface area contributed by atoms with Crippen LogP contribution in [0, 0.1) is 11.8 Å². The molecule has 1 aromatic carbocycles. The highest BCUT2D eigenvalue weighted by atomic mass is 16.5. The maximum atomic E-state index is 12.1. The van der Waals surface area contributed by atoms with Crippen LogP contribution < -0.4 is 10.1 Å². The number of nitrogens with one attached hydrogen (secondary N) is 1. The van der Waals surface area contributed by atoms with Gasteiger partial charge >= 0.3 is 5.97 Å². The molecule has 5 nitrogen and oxygen atoms in total. The van der Waals surface area contributed by atoms with Crippen molar-refractivity contribution >= 4 is 11.9 Å². The van der Waals surface area contributed by atoms with Crippen molar-refractivity contribution in [2.45, 2.75) is 52.0 Å². The largest absolute Gasteiger partial charge is 0.493 e. The van der Waals surface area contributed by atoms with Crippen molar-refractivity contribution in [1.82, 2.24) is 5.32 Å². The van der Waals surface area contributed by atoms with Gasteiger partial charge in [0.2, 0.25) is 5.91 Å². The van der Waals surface area contributed by atoms with Gasteiger partial charge in [-0.3, -0.25) is 9.59 Å². The predicted octanol–water partition coefficient (Wildman–Crippen LogP) is 3.02. The van der Waals surface area contributed by atoms with Gasteiger partial charge in [0.25, 0.3) is 0 Å². The topological polar surface area (TPSA) is 75.6 Å². The second-order valence-corrected chi connectivity index (χ2v) is 6.98. The van der Waals surface area contributed by atoms with Crippen molar-refractivity contribution in [3.8, 4) is 5.75 Å². The molecule has 0 aromatic heterocycles. The van der Waals surface area contributed by atoms with Gasteiger partial charge in [-0.15, -0.1) is 0 Å². The van der Waals surface area contributed by atoms with Gasteiger partial charge in [0.05, 0.1) is 18.9 Å². The maximum Gasteiger partial charge on any atom is 0.306 e. The lowest BCUT2D eigenvalue weighted by Gasteiger charge is -2.26. The van der Waals surface area contributed by atoms with Gasteiger partial charge in [-0.1, -0.05) is 26.0 Å². The normalized spacial score (nSPS) is 20.6. The van der Waals surface area contributed by atoms with E-state index in [-0.39, 0.29) is 17.9 Å². The van der Waals surface area contributed by atoms with E-state index < -0.39 is 5.97 Å². The molecule has 1 aliphatic rings. The first-order valence-electron chi connectivity index (χ1n) is 8.68. The molecule has 0 atom stereocenters. The molecule has 1 amide bonds. The molecule has 0 bridgehead atoms. The number of hydrogen-bond acceptors (Lipinski definition) is 3. The molecule has 0 unspecified atom stereocenters. The summed E-state index contributed by atoms with van der Waals surface area (Å²) >= 11 is 0. The lowest BCUT2D eigenvalue weighted by molar-refractivity contribution is -0.142. The van der Waals surface area contributed by atoms with E-state index in [1.54, 1.807) is 0 Å². The molecular weight excluding hydrogens is 306 g/mol. The van der Waals surface area contributed by atoms with E-state index in [1.165, 1.54) is 0 Å². The van der Waals surface area contributed by atoms with Crippen LogP contribution in [-0.2, 0) is 16.0 Å². The minimum atomic E-state index is -0.723. The molecule has 0 radical (unpaired) electrons. The third kappa shape index (κ3) is 5.87. The fourth-order valence-electron chi connectivity index (χ4n) is 2.92. The second kappa shape index (κ2) is 8.71. The zero-order chi connectivity index (χ0) is 17.5. The number of benzene rings is 1. The molecule has 0 spiro atoms. The SMILES string of the molecule is CC(C)COc1ccc(CC(=O)NC2CCC(C(=O)O)CC2)cc1. The zero-order valence-electron chi connectivity index (χ0n) is 14.5. The van der Waals surface area contributed by atoms with Crippen LogP contribution in [0.4, 0.5) is 0 Å². The molecule has 132 valence electrons. The molecular formula is C19H27NO4. The van der Waals surface area contributed by atoms with Crippen molar-refractivity contribution in [2.24, 2.45) is 11.8 Å². The van der Waals surface area contributed by atoms with Crippen molar-refractivity contribution < 1.29 is 19.4 Å². The Kier molecular flexibility index (Phi) is 6.64. The summed E-state index contributed by atoms with van der Waals surface area (Å²) in [7, 11) is 0. The van der Waals surface area contributed by atoms with Crippen LogP contribution in [0.3, 0.4) is 0 Å². The van der Waals surface area contributed by atoms with Crippen molar-refractivity contribution in [3.05, 3.63) is 29.8 Å². The molecule has 5 heteroatoms. The Balaban J connectivity index is 1.75. The average molecular weight is 333 g/mol. The van der Waals surface area contributed by atoms with E-state index in [1.807, 2.05) is 24.3 Å². The molecule has 1 aromatic rings. The van der Waals surface area contributed by atoms with E-state index in [0.29, 0.717) is 31.8 Å². The van der Waals surface area contributed by atoms with E-state index in [4.69, 9.17) is 9.84 Å². The quantitative estimate of drug-likeness (QED) is 0.804. The van der Waals surface area contributed by atoms with Gasteiger partial charge in [0.1, 0.15) is 5.75 Å². The van der Waals surface area contributed by atoms with Crippen LogP contribution in [0.1, 0.15) is 45.1 Å². The summed E-state index contributed by atoms with van der Waals surface area (Å²) in [6.45, 7) is 4.88. The number of rotatable bonds is 7. The Morgan fingerprint density at radius 1 is 1.17 bits per heavy atom. The monoisotopic (exact) mass is 333 g/mol. The number of carboxylic acids is 1. The van der Waals surface area contributed by atoms with Gasteiger partial charge in [0, 0.05) is 6.04 Å². The molecule has 1 saturated carbocycles. The van der Waals surface area contributed by atoms with Crippen LogP contribution in [0.15, 0.2) is 24.3 Å². The molecule has 0 saturated heterocycles. The summed E-state index contributed by atoms with van der Waals surface area (Å²) in [6, 6.07) is 7.71. The Hall–Kier alpha value is -2.04. The van der Waals surface area contributed by atoms with Gasteiger partial charge < -0.3 is 15.2 Å². The Morgan fingerprint density at radius 2 is 1.79 bits per heavy atom. The second-order valence-electron chi connectivity index (χ2n) is 6.98. The van der Waals surface area contributed by atoms with Gasteiger partial charge in [0.15, 0.2) is 0 Å². The van der Waals surface area contributed by atoms with E-state index >= 15 is 0 Å². The summed E-state index contributed by atoms with van der Waals surface area (Å²) in [5.41, 5.74) is 0.948. The zero-order valence-corrected chi connectivity index (χ0v) is 14.5. The van der Waals surface area contributed by atoms with Gasteiger partial charge in [-0.2, -0.15) is 0 Å². The standard InChI is InChI=1S/C19H27NO4/c1-13(2)12-24-17-9-3-14(4-10-17)11-18(21)20-16-7-5-15(6-8-16)19(22)23/h3-4,9-10,13,15-16H,5-8,11-12H2,1-2H3,(H,20,21)(H,22,23). The van der Waals surface area contributed by atoms with E-state index in [9.17, 15) is 9.59 Å². The van der Waals surface area contributed by atoms with Crippen LogP contribution in [-0.4, -0.2) is 29.6 Å². The summed E-state index contributed by atoms with van der Waals surface area (Å²) in [4.78, 5) is 23.1. The third-order valence-electron chi connectivity index (χ3n) is 4.31. The minimum absolute atomic E-state index is 0.00961. The minimum Gasteiger partial charge on any atom is -0.493 e. The average Bonchev–Trinajstić information content (AvgIpc) is 2.54. The summed E-state index contributed by atoms with van der Waals surface area (Å²) in [5, 5.41) is 12.0. The molecule has 1 aliphatic carbocycles. The smallest absolute Gasteiger partial charge is 0.306 e. The lowest BCUT2D eigenvalue weighted by atomic mass is 9.86. The molecule has 1 fully saturated rings. The van der Waals surface area contributed by atoms with Crippen molar-refractivity contribution in [3.63, 3.8) is 0 Å². The summed E-state index contributed by atoms with van der Waals surface area (Å²) in [5.74, 6) is 0.312. The first-order chi connectivity index (χ1) is 11.4. The molecule has 24 heavy (non-hydrogen) atoms. The predicted molar refractivity (Wildman–Crippen MR) is 92.0 cm³/mol. The van der Waals surface area contributed by atoms with Crippen molar-refractivity contribution in [1.29, 1.82) is 0 Å². The first-order valence-corrected chi connectivity index (χ1v) is 8.68. The Bertz CT molecular complexity index is 545. The number of hydrogen-bond donors (Lipinski definition) is 2. The first kappa shape index (κ1) is 18.3. The van der Waals surface area contributed by atoms with Gasteiger partial charge in [-0.25, -0.2) is 0 Å². The van der Waals surface area contributed by atoms with Crippen molar-refractivity contribution in [2.75, 3.05) is 6.61 Å². The Morgan fingerprint density at radius 3 is 2.33 bits per heavy atom. The molecule has 2 rings (SSSR count). The highest BCUT2D eigenvalue weighted by molar-refractivity contribution is 5.79. The number of aliphatic carboxylic acids is 1. The number of carboxylic acid groups (broad SMARTS) is 1. The molecule has 2 N–H and O–H groups in total. The van der Waals surface area contributed by atoms with Crippen LogP contribution in [0.2, 0.25) is 0 Å². The fraction of sp³-hybridized carbons (Fsp3) is 0.579. The summed E-state index contributed by atoms with van der Waals surface area (Å²) < 4.78 is 5.63. The maximum absolute atomic E-state index is 12.1. The van der Waals surface area contributed by atoms with Gasteiger partial charge in [-0.05, 0) is 49.3 Å².